The van der Waals surface area contributed by atoms with Gasteiger partial charge in [0.05, 0.1) is 11.0 Å². The Morgan fingerprint density at radius 1 is 1.33 bits per heavy atom. The Balaban J connectivity index is 2.38. The first-order valence-corrected chi connectivity index (χ1v) is 8.15. The van der Waals surface area contributed by atoms with E-state index in [0.717, 1.165) is 25.0 Å². The van der Waals surface area contributed by atoms with Crippen molar-refractivity contribution in [2.24, 2.45) is 5.92 Å². The summed E-state index contributed by atoms with van der Waals surface area (Å²) in [4.78, 5) is -0.412. The summed E-state index contributed by atoms with van der Waals surface area (Å²) in [7, 11) is -4.02. The normalized spacial score (nSPS) is 16.7. The molecule has 1 aromatic carbocycles. The molecule has 1 atom stereocenters. The van der Waals surface area contributed by atoms with E-state index >= 15 is 0 Å². The fraction of sp³-hybridized carbons (Fsp3) is 0.500. The van der Waals surface area contributed by atoms with Crippen molar-refractivity contribution in [1.29, 1.82) is 5.26 Å². The Labute approximate surface area is 123 Å². The zero-order chi connectivity index (χ0) is 15.6. The molecular weight excluding hydrogens is 298 g/mol. The lowest BCUT2D eigenvalue weighted by Gasteiger charge is -2.27. The molecule has 0 unspecified atom stereocenters. The van der Waals surface area contributed by atoms with Crippen LogP contribution in [0.2, 0.25) is 0 Å². The Morgan fingerprint density at radius 2 is 1.90 bits per heavy atom. The van der Waals surface area contributed by atoms with Gasteiger partial charge in [0.25, 0.3) is 0 Å². The van der Waals surface area contributed by atoms with Crippen molar-refractivity contribution in [3.8, 4) is 6.07 Å². The molecule has 0 amide bonds. The second-order valence-electron chi connectivity index (χ2n) is 5.21. The summed E-state index contributed by atoms with van der Waals surface area (Å²) < 4.78 is 52.9. The third kappa shape index (κ3) is 3.57. The van der Waals surface area contributed by atoms with Gasteiger partial charge in [-0.15, -0.1) is 0 Å². The molecule has 1 saturated carbocycles. The molecule has 0 aliphatic heterocycles. The van der Waals surface area contributed by atoms with E-state index in [-0.39, 0.29) is 24.9 Å². The zero-order valence-electron chi connectivity index (χ0n) is 11.6. The first kappa shape index (κ1) is 15.9. The summed E-state index contributed by atoms with van der Waals surface area (Å²) in [6.45, 7) is 1.79. The van der Waals surface area contributed by atoms with Crippen LogP contribution in [0.15, 0.2) is 23.1 Å². The Kier molecular flexibility index (Phi) is 4.59. The minimum atomic E-state index is -4.02. The molecule has 1 aromatic rings. The van der Waals surface area contributed by atoms with E-state index in [1.807, 2.05) is 6.07 Å². The Bertz CT molecular complexity index is 646. The molecule has 2 rings (SSSR count). The molecule has 0 heterocycles. The van der Waals surface area contributed by atoms with Gasteiger partial charge in [0.1, 0.15) is 11.6 Å². The smallest absolute Gasteiger partial charge is 0.207 e. The maximum Gasteiger partial charge on any atom is 0.243 e. The lowest BCUT2D eigenvalue weighted by molar-refractivity contribution is 0.314. The molecule has 1 fully saturated rings. The summed E-state index contributed by atoms with van der Waals surface area (Å²) in [5, 5.41) is 8.68. The van der Waals surface area contributed by atoms with Gasteiger partial charge >= 0.3 is 0 Å². The maximum atomic E-state index is 13.3. The van der Waals surface area contributed by atoms with Gasteiger partial charge in [-0.3, -0.25) is 0 Å². The van der Waals surface area contributed by atoms with Gasteiger partial charge in [-0.2, -0.15) is 9.57 Å². The summed E-state index contributed by atoms with van der Waals surface area (Å²) in [6, 6.07) is 3.86. The molecule has 114 valence electrons. The van der Waals surface area contributed by atoms with Crippen LogP contribution in [-0.2, 0) is 10.0 Å². The van der Waals surface area contributed by atoms with Gasteiger partial charge in [0.2, 0.25) is 10.0 Å². The minimum Gasteiger partial charge on any atom is -0.207 e. The molecule has 0 aromatic heterocycles. The fourth-order valence-electron chi connectivity index (χ4n) is 2.33. The monoisotopic (exact) mass is 314 g/mol. The molecule has 0 spiro atoms. The van der Waals surface area contributed by atoms with Crippen LogP contribution in [0.4, 0.5) is 8.78 Å². The van der Waals surface area contributed by atoms with Gasteiger partial charge in [-0.05, 0) is 37.8 Å². The van der Waals surface area contributed by atoms with Crippen molar-refractivity contribution in [2.75, 3.05) is 6.54 Å². The van der Waals surface area contributed by atoms with Gasteiger partial charge in [0, 0.05) is 25.1 Å². The molecule has 4 nitrogen and oxygen atoms in total. The molecule has 1 aliphatic rings. The number of hydrogen-bond acceptors (Lipinski definition) is 3. The van der Waals surface area contributed by atoms with Crippen LogP contribution in [0.1, 0.15) is 26.2 Å². The van der Waals surface area contributed by atoms with Crippen LogP contribution in [0, 0.1) is 28.9 Å². The van der Waals surface area contributed by atoms with Crippen molar-refractivity contribution in [3.63, 3.8) is 0 Å². The summed E-state index contributed by atoms with van der Waals surface area (Å²) in [5.74, 6) is -1.63. The number of benzene rings is 1. The van der Waals surface area contributed by atoms with Crippen LogP contribution in [0.5, 0.6) is 0 Å². The van der Waals surface area contributed by atoms with Gasteiger partial charge < -0.3 is 0 Å². The fourth-order valence-corrected chi connectivity index (χ4v) is 4.06. The predicted molar refractivity (Wildman–Crippen MR) is 72.7 cm³/mol. The van der Waals surface area contributed by atoms with Crippen LogP contribution in [0.25, 0.3) is 0 Å². The molecule has 0 bridgehead atoms. The van der Waals surface area contributed by atoms with Crippen molar-refractivity contribution in [2.45, 2.75) is 37.1 Å². The largest absolute Gasteiger partial charge is 0.243 e. The first-order chi connectivity index (χ1) is 9.86. The molecule has 0 N–H and O–H groups in total. The highest BCUT2D eigenvalue weighted by Gasteiger charge is 2.38. The van der Waals surface area contributed by atoms with Crippen LogP contribution >= 0.6 is 0 Å². The third-order valence-corrected chi connectivity index (χ3v) is 5.61. The molecular formula is C14H16F2N2O2S. The van der Waals surface area contributed by atoms with Gasteiger partial charge in [0.15, 0.2) is 0 Å². The quantitative estimate of drug-likeness (QED) is 0.811. The SMILES string of the molecule is C[C@H](C1CC1)N(CCC#N)S(=O)(=O)c1cc(F)cc(F)c1. The van der Waals surface area contributed by atoms with E-state index in [1.54, 1.807) is 6.92 Å². The highest BCUT2D eigenvalue weighted by molar-refractivity contribution is 7.89. The molecule has 21 heavy (non-hydrogen) atoms. The number of sulfonamides is 1. The maximum absolute atomic E-state index is 13.3. The first-order valence-electron chi connectivity index (χ1n) is 6.71. The van der Waals surface area contributed by atoms with E-state index < -0.39 is 26.6 Å². The number of nitrogens with zero attached hydrogens (tertiary/aromatic N) is 2. The summed E-state index contributed by atoms with van der Waals surface area (Å²) >= 11 is 0. The van der Waals surface area contributed by atoms with Crippen LogP contribution in [-0.4, -0.2) is 25.3 Å². The van der Waals surface area contributed by atoms with E-state index in [0.29, 0.717) is 6.07 Å². The van der Waals surface area contributed by atoms with E-state index in [2.05, 4.69) is 0 Å². The number of rotatable bonds is 6. The lowest BCUT2D eigenvalue weighted by atomic mass is 10.2. The molecule has 0 radical (unpaired) electrons. The van der Waals surface area contributed by atoms with E-state index in [1.165, 1.54) is 4.31 Å². The standard InChI is InChI=1S/C14H16F2N2O2S/c1-10(11-3-4-11)18(6-2-5-17)21(19,20)14-8-12(15)7-13(16)9-14/h7-11H,2-4,6H2,1H3/t10-/m1/s1. The number of hydrogen-bond donors (Lipinski definition) is 0. The molecule has 0 saturated heterocycles. The zero-order valence-corrected chi connectivity index (χ0v) is 12.4. The third-order valence-electron chi connectivity index (χ3n) is 3.65. The van der Waals surface area contributed by atoms with Crippen molar-refractivity contribution in [3.05, 3.63) is 29.8 Å². The van der Waals surface area contributed by atoms with E-state index in [9.17, 15) is 17.2 Å². The molecule has 1 aliphatic carbocycles. The predicted octanol–water partition coefficient (Wildman–Crippen LogP) is 2.67. The molecule has 7 heteroatoms. The highest BCUT2D eigenvalue weighted by Crippen LogP contribution is 2.37. The van der Waals surface area contributed by atoms with Crippen molar-refractivity contribution >= 4 is 10.0 Å². The lowest BCUT2D eigenvalue weighted by Crippen LogP contribution is -2.40. The topological polar surface area (TPSA) is 61.2 Å². The number of nitriles is 1. The summed E-state index contributed by atoms with van der Waals surface area (Å²) in [5.41, 5.74) is 0. The van der Waals surface area contributed by atoms with Crippen LogP contribution < -0.4 is 0 Å². The van der Waals surface area contributed by atoms with Crippen molar-refractivity contribution in [1.82, 2.24) is 4.31 Å². The van der Waals surface area contributed by atoms with Crippen LogP contribution in [0.3, 0.4) is 0 Å². The van der Waals surface area contributed by atoms with Crippen molar-refractivity contribution < 1.29 is 17.2 Å². The second-order valence-corrected chi connectivity index (χ2v) is 7.10. The van der Waals surface area contributed by atoms with Gasteiger partial charge in [-0.25, -0.2) is 17.2 Å². The average Bonchev–Trinajstić information content (AvgIpc) is 3.21. The van der Waals surface area contributed by atoms with Gasteiger partial charge in [-0.1, -0.05) is 0 Å². The Hall–Kier alpha value is -1.52. The average molecular weight is 314 g/mol. The summed E-state index contributed by atoms with van der Waals surface area (Å²) in [6.07, 6.45) is 1.89. The highest BCUT2D eigenvalue weighted by atomic mass is 32.2. The van der Waals surface area contributed by atoms with E-state index in [4.69, 9.17) is 5.26 Å². The minimum absolute atomic E-state index is 0.0225. The second kappa shape index (κ2) is 6.08. The number of halogens is 2. The Morgan fingerprint density at radius 3 is 2.38 bits per heavy atom.